The zero-order chi connectivity index (χ0) is 13.7. The molecule has 1 N–H and O–H groups in total. The molecule has 0 aromatic heterocycles. The molecule has 1 aromatic carbocycles. The predicted molar refractivity (Wildman–Crippen MR) is 74.5 cm³/mol. The summed E-state index contributed by atoms with van der Waals surface area (Å²) in [5.41, 5.74) is 0.154. The van der Waals surface area contributed by atoms with Gasteiger partial charge in [-0.25, -0.2) is 8.78 Å². The first-order chi connectivity index (χ1) is 8.51. The number of benzene rings is 1. The quantitative estimate of drug-likeness (QED) is 0.793. The summed E-state index contributed by atoms with van der Waals surface area (Å²) >= 11 is 3.10. The van der Waals surface area contributed by atoms with Gasteiger partial charge in [-0.15, -0.1) is 0 Å². The molecule has 1 nitrogen and oxygen atoms in total. The minimum atomic E-state index is -0.490. The van der Waals surface area contributed by atoms with E-state index in [2.05, 4.69) is 28.2 Å². The molecule has 2 atom stereocenters. The molecule has 0 fully saturated rings. The second kappa shape index (κ2) is 7.19. The van der Waals surface area contributed by atoms with E-state index in [1.807, 2.05) is 13.8 Å². The van der Waals surface area contributed by atoms with Crippen LogP contribution in [0.5, 0.6) is 0 Å². The van der Waals surface area contributed by atoms with Gasteiger partial charge in [-0.05, 0) is 31.0 Å². The van der Waals surface area contributed by atoms with Crippen LogP contribution in [0.15, 0.2) is 16.6 Å². The number of hydrogen-bond donors (Lipinski definition) is 1. The predicted octanol–water partition coefficient (Wildman–Crippen LogP) is 4.81. The highest BCUT2D eigenvalue weighted by Gasteiger charge is 2.24. The van der Waals surface area contributed by atoms with E-state index < -0.39 is 11.6 Å². The molecule has 0 spiro atoms. The number of halogens is 3. The van der Waals surface area contributed by atoms with Crippen molar-refractivity contribution in [1.82, 2.24) is 5.32 Å². The summed E-state index contributed by atoms with van der Waals surface area (Å²) < 4.78 is 28.4. The van der Waals surface area contributed by atoms with E-state index in [4.69, 9.17) is 0 Å². The molecular weight excluding hydrogens is 300 g/mol. The van der Waals surface area contributed by atoms with Crippen molar-refractivity contribution < 1.29 is 8.78 Å². The molecule has 0 radical (unpaired) electrons. The number of nitrogens with one attached hydrogen (secondary N) is 1. The lowest BCUT2D eigenvalue weighted by Gasteiger charge is -2.26. The van der Waals surface area contributed by atoms with Crippen LogP contribution in [0, 0.1) is 17.6 Å². The average Bonchev–Trinajstić information content (AvgIpc) is 2.26. The highest BCUT2D eigenvalue weighted by Crippen LogP contribution is 2.31. The monoisotopic (exact) mass is 319 g/mol. The summed E-state index contributed by atoms with van der Waals surface area (Å²) in [6.45, 7) is 6.74. The second-order valence-corrected chi connectivity index (χ2v) is 5.50. The van der Waals surface area contributed by atoms with Crippen LogP contribution in [0.1, 0.15) is 45.2 Å². The Morgan fingerprint density at radius 1 is 1.22 bits per heavy atom. The summed E-state index contributed by atoms with van der Waals surface area (Å²) in [5.74, 6) is -0.785. The topological polar surface area (TPSA) is 12.0 Å². The Kier molecular flexibility index (Phi) is 6.22. The maximum absolute atomic E-state index is 14.0. The summed E-state index contributed by atoms with van der Waals surface area (Å²) in [6, 6.07) is 2.37. The first-order valence-electron chi connectivity index (χ1n) is 6.39. The van der Waals surface area contributed by atoms with Gasteiger partial charge in [-0.3, -0.25) is 0 Å². The Labute approximate surface area is 116 Å². The van der Waals surface area contributed by atoms with Crippen LogP contribution in [-0.4, -0.2) is 6.54 Å². The van der Waals surface area contributed by atoms with Gasteiger partial charge in [0.25, 0.3) is 0 Å². The van der Waals surface area contributed by atoms with Crippen LogP contribution in [0.25, 0.3) is 0 Å². The third-order valence-electron chi connectivity index (χ3n) is 3.09. The van der Waals surface area contributed by atoms with Gasteiger partial charge in [-0.2, -0.15) is 0 Å². The van der Waals surface area contributed by atoms with Gasteiger partial charge in [0, 0.05) is 16.1 Å². The lowest BCUT2D eigenvalue weighted by Crippen LogP contribution is -2.28. The molecular formula is C14H20BrF2N. The molecule has 0 aliphatic rings. The molecule has 0 amide bonds. The maximum atomic E-state index is 14.0. The van der Waals surface area contributed by atoms with Crippen molar-refractivity contribution in [2.75, 3.05) is 6.54 Å². The zero-order valence-electron chi connectivity index (χ0n) is 11.1. The van der Waals surface area contributed by atoms with Gasteiger partial charge >= 0.3 is 0 Å². The van der Waals surface area contributed by atoms with Crippen molar-refractivity contribution in [2.45, 2.75) is 39.7 Å². The highest BCUT2D eigenvalue weighted by atomic mass is 79.9. The zero-order valence-corrected chi connectivity index (χ0v) is 12.7. The maximum Gasteiger partial charge on any atom is 0.132 e. The molecule has 0 saturated carbocycles. The number of rotatable bonds is 6. The summed E-state index contributed by atoms with van der Waals surface area (Å²) in [5, 5.41) is 3.19. The van der Waals surface area contributed by atoms with Gasteiger partial charge in [0.05, 0.1) is 0 Å². The first kappa shape index (κ1) is 15.6. The minimum Gasteiger partial charge on any atom is -0.310 e. The Morgan fingerprint density at radius 2 is 1.78 bits per heavy atom. The fourth-order valence-corrected chi connectivity index (χ4v) is 2.68. The Bertz CT molecular complexity index is 372. The molecule has 0 heterocycles. The summed E-state index contributed by atoms with van der Waals surface area (Å²) in [4.78, 5) is 0. The molecule has 18 heavy (non-hydrogen) atoms. The lowest BCUT2D eigenvalue weighted by atomic mass is 9.90. The van der Waals surface area contributed by atoms with Crippen LogP contribution in [0.3, 0.4) is 0 Å². The van der Waals surface area contributed by atoms with E-state index in [1.165, 1.54) is 12.1 Å². The van der Waals surface area contributed by atoms with Crippen molar-refractivity contribution in [3.63, 3.8) is 0 Å². The Balaban J connectivity index is 3.12. The first-order valence-corrected chi connectivity index (χ1v) is 7.18. The fourth-order valence-electron chi connectivity index (χ4n) is 2.28. The molecule has 0 bridgehead atoms. The van der Waals surface area contributed by atoms with Crippen molar-refractivity contribution in [2.24, 2.45) is 5.92 Å². The third-order valence-corrected chi connectivity index (χ3v) is 3.55. The fraction of sp³-hybridized carbons (Fsp3) is 0.571. The van der Waals surface area contributed by atoms with Crippen molar-refractivity contribution in [3.8, 4) is 0 Å². The van der Waals surface area contributed by atoms with Gasteiger partial charge in [0.1, 0.15) is 11.6 Å². The molecule has 0 aliphatic carbocycles. The smallest absolute Gasteiger partial charge is 0.132 e. The normalized spacial score (nSPS) is 14.6. The van der Waals surface area contributed by atoms with Crippen LogP contribution in [0.2, 0.25) is 0 Å². The van der Waals surface area contributed by atoms with E-state index in [1.54, 1.807) is 0 Å². The van der Waals surface area contributed by atoms with E-state index >= 15 is 0 Å². The SMILES string of the molecule is CCCC(C)C(NCC)c1c(F)cc(Br)cc1F. The van der Waals surface area contributed by atoms with Crippen LogP contribution in [0.4, 0.5) is 8.78 Å². The molecule has 102 valence electrons. The largest absolute Gasteiger partial charge is 0.310 e. The van der Waals surface area contributed by atoms with E-state index in [0.29, 0.717) is 11.0 Å². The molecule has 2 unspecified atom stereocenters. The highest BCUT2D eigenvalue weighted by molar-refractivity contribution is 9.10. The molecule has 0 aliphatic heterocycles. The summed E-state index contributed by atoms with van der Waals surface area (Å²) in [7, 11) is 0. The number of hydrogen-bond acceptors (Lipinski definition) is 1. The standard InChI is InChI=1S/C14H20BrF2N/c1-4-6-9(3)14(18-5-2)13-11(16)7-10(15)8-12(13)17/h7-9,14,18H,4-6H2,1-3H3. The van der Waals surface area contributed by atoms with Gasteiger partial charge in [-0.1, -0.05) is 43.1 Å². The van der Waals surface area contributed by atoms with Crippen molar-refractivity contribution in [3.05, 3.63) is 33.8 Å². The van der Waals surface area contributed by atoms with Crippen LogP contribution >= 0.6 is 15.9 Å². The molecule has 1 rings (SSSR count). The van der Waals surface area contributed by atoms with Gasteiger partial charge < -0.3 is 5.32 Å². The molecule has 1 aromatic rings. The van der Waals surface area contributed by atoms with Crippen molar-refractivity contribution >= 4 is 15.9 Å². The Hall–Kier alpha value is -0.480. The van der Waals surface area contributed by atoms with Crippen molar-refractivity contribution in [1.29, 1.82) is 0 Å². The lowest BCUT2D eigenvalue weighted by molar-refractivity contribution is 0.346. The summed E-state index contributed by atoms with van der Waals surface area (Å²) in [6.07, 6.45) is 1.94. The van der Waals surface area contributed by atoms with Gasteiger partial charge in [0.15, 0.2) is 0 Å². The second-order valence-electron chi connectivity index (χ2n) is 4.58. The van der Waals surface area contributed by atoms with Crippen LogP contribution in [-0.2, 0) is 0 Å². The third kappa shape index (κ3) is 3.75. The van der Waals surface area contributed by atoms with E-state index in [-0.39, 0.29) is 17.5 Å². The van der Waals surface area contributed by atoms with Crippen LogP contribution < -0.4 is 5.32 Å². The van der Waals surface area contributed by atoms with Gasteiger partial charge in [0.2, 0.25) is 0 Å². The minimum absolute atomic E-state index is 0.154. The van der Waals surface area contributed by atoms with E-state index in [9.17, 15) is 8.78 Å². The molecule has 0 saturated heterocycles. The van der Waals surface area contributed by atoms with E-state index in [0.717, 1.165) is 12.8 Å². The Morgan fingerprint density at radius 3 is 2.22 bits per heavy atom. The average molecular weight is 320 g/mol. The molecule has 4 heteroatoms.